The molecule has 0 N–H and O–H groups in total. The summed E-state index contributed by atoms with van der Waals surface area (Å²) in [6.07, 6.45) is 21.3. The van der Waals surface area contributed by atoms with E-state index in [0.717, 1.165) is 38.5 Å². The van der Waals surface area contributed by atoms with Gasteiger partial charge in [0, 0.05) is 33.3 Å². The monoisotopic (exact) mass is 1180 g/mol. The van der Waals surface area contributed by atoms with E-state index in [1.54, 1.807) is 16.7 Å². The van der Waals surface area contributed by atoms with Crippen molar-refractivity contribution in [2.75, 3.05) is 4.90 Å². The molecule has 0 amide bonds. The molecule has 454 valence electrons. The molecule has 90 heavy (non-hydrogen) atoms. The van der Waals surface area contributed by atoms with E-state index in [1.165, 1.54) is 210 Å². The summed E-state index contributed by atoms with van der Waals surface area (Å²) in [6, 6.07) is 79.9. The number of hydrogen-bond donors (Lipinski definition) is 0. The Bertz CT molecular complexity index is 4300. The lowest BCUT2D eigenvalue weighted by Gasteiger charge is -2.35. The lowest BCUT2D eigenvalue weighted by atomic mass is 9.68. The Morgan fingerprint density at radius 1 is 0.278 bits per heavy atom. The van der Waals surface area contributed by atoms with Gasteiger partial charge in [0.25, 0.3) is 0 Å². The standard InChI is InChI=1S/C89H93N/c1-9-15-48-87(49-16-10-2)80-54-60(7)36-44-69(80)71-46-42-66(58-82(71)87)90(67-43-47-72-70-45-37-61(8)55-81(70)88(50-17-11-3,51-18-12-4)83(72)59-67)65-41-40-62-56-64(39-38-63(62)57-65)84-73-29-21-23-31-75(73)85(76-32-24-22-30-74(76)84)78-34-27-33-77-68-28-25-26-35-79(68)89(86(77)78,52-19-13-5)53-20-14-6/h21-47,54-59H,9-20,48-53H2,1-8H3. The van der Waals surface area contributed by atoms with E-state index < -0.39 is 0 Å². The molecule has 3 aliphatic carbocycles. The van der Waals surface area contributed by atoms with Gasteiger partial charge >= 0.3 is 0 Å². The summed E-state index contributed by atoms with van der Waals surface area (Å²) >= 11 is 0. The van der Waals surface area contributed by atoms with Gasteiger partial charge in [-0.3, -0.25) is 0 Å². The molecule has 1 nitrogen and oxygen atoms in total. The van der Waals surface area contributed by atoms with Gasteiger partial charge in [0.05, 0.1) is 0 Å². The van der Waals surface area contributed by atoms with Gasteiger partial charge in [0.2, 0.25) is 0 Å². The van der Waals surface area contributed by atoms with Crippen molar-refractivity contribution < 1.29 is 0 Å². The van der Waals surface area contributed by atoms with Crippen molar-refractivity contribution in [1.82, 2.24) is 0 Å². The average molecular weight is 1180 g/mol. The minimum absolute atomic E-state index is 0.0372. The molecule has 3 aliphatic rings. The maximum absolute atomic E-state index is 2.65. The number of nitrogens with zero attached hydrogens (tertiary/aromatic N) is 1. The molecule has 0 saturated carbocycles. The summed E-state index contributed by atoms with van der Waals surface area (Å²) in [7, 11) is 0. The van der Waals surface area contributed by atoms with Crippen molar-refractivity contribution in [2.45, 2.75) is 187 Å². The largest absolute Gasteiger partial charge is 0.310 e. The van der Waals surface area contributed by atoms with Crippen LogP contribution in [0.1, 0.15) is 202 Å². The average Bonchev–Trinajstić information content (AvgIpc) is 1.50. The molecule has 11 aromatic rings. The molecule has 0 heterocycles. The number of benzene rings is 11. The fraction of sp³-hybridized carbons (Fsp3) is 0.326. The summed E-state index contributed by atoms with van der Waals surface area (Å²) in [5.74, 6) is 0. The predicted molar refractivity (Wildman–Crippen MR) is 390 cm³/mol. The topological polar surface area (TPSA) is 3.24 Å². The van der Waals surface area contributed by atoms with Gasteiger partial charge in [-0.1, -0.05) is 287 Å². The lowest BCUT2D eigenvalue weighted by molar-refractivity contribution is 0.414. The summed E-state index contributed by atoms with van der Waals surface area (Å²) in [5, 5.41) is 7.75. The van der Waals surface area contributed by atoms with E-state index in [2.05, 4.69) is 260 Å². The first-order chi connectivity index (χ1) is 44.1. The van der Waals surface area contributed by atoms with Gasteiger partial charge in [0.15, 0.2) is 0 Å². The Labute approximate surface area is 538 Å². The second-order valence-electron chi connectivity index (χ2n) is 27.6. The Balaban J connectivity index is 0.946. The predicted octanol–water partition coefficient (Wildman–Crippen LogP) is 26.5. The summed E-state index contributed by atoms with van der Waals surface area (Å²) < 4.78 is 0. The van der Waals surface area contributed by atoms with Crippen molar-refractivity contribution in [3.05, 3.63) is 245 Å². The van der Waals surface area contributed by atoms with Crippen LogP contribution in [0.25, 0.3) is 88.0 Å². The number of aryl methyl sites for hydroxylation is 2. The Morgan fingerprint density at radius 2 is 0.644 bits per heavy atom. The van der Waals surface area contributed by atoms with E-state index in [-0.39, 0.29) is 16.2 Å². The highest BCUT2D eigenvalue weighted by molar-refractivity contribution is 6.22. The van der Waals surface area contributed by atoms with Crippen molar-refractivity contribution >= 4 is 49.4 Å². The third kappa shape index (κ3) is 9.69. The molecular formula is C89H93N. The normalized spacial score (nSPS) is 14.4. The molecule has 0 radical (unpaired) electrons. The first-order valence-corrected chi connectivity index (χ1v) is 35.2. The molecule has 0 spiro atoms. The SMILES string of the molecule is CCCCC1(CCCC)c2cc(C)ccc2-c2ccc(N(c3ccc4c(c3)C(CCCC)(CCCC)c3cc(C)ccc3-4)c3ccc4cc(-c5c6ccccc6c(-c6cccc7c6C(CCCC)(CCCC)c6ccccc6-7)c6ccccc56)ccc4c3)cc21. The zero-order valence-corrected chi connectivity index (χ0v) is 55.2. The van der Waals surface area contributed by atoms with Crippen LogP contribution in [-0.2, 0) is 16.2 Å². The van der Waals surface area contributed by atoms with E-state index in [0.29, 0.717) is 0 Å². The Hall–Kier alpha value is -8.00. The van der Waals surface area contributed by atoms with Crippen LogP contribution >= 0.6 is 0 Å². The molecule has 0 aliphatic heterocycles. The van der Waals surface area contributed by atoms with Crippen molar-refractivity contribution in [1.29, 1.82) is 0 Å². The summed E-state index contributed by atoms with van der Waals surface area (Å²) in [4.78, 5) is 2.64. The second-order valence-corrected chi connectivity index (χ2v) is 27.6. The third-order valence-electron chi connectivity index (χ3n) is 22.1. The molecular weight excluding hydrogens is 1080 g/mol. The third-order valence-corrected chi connectivity index (χ3v) is 22.1. The van der Waals surface area contributed by atoms with E-state index in [4.69, 9.17) is 0 Å². The number of rotatable bonds is 23. The molecule has 0 unspecified atom stereocenters. The second kappa shape index (κ2) is 24.7. The maximum atomic E-state index is 2.65. The zero-order valence-electron chi connectivity index (χ0n) is 55.2. The van der Waals surface area contributed by atoms with Gasteiger partial charge in [-0.25, -0.2) is 0 Å². The van der Waals surface area contributed by atoms with Gasteiger partial charge in [-0.2, -0.15) is 0 Å². The quantitative estimate of drug-likeness (QED) is 0.0577. The highest BCUT2D eigenvalue weighted by atomic mass is 15.1. The van der Waals surface area contributed by atoms with Crippen molar-refractivity contribution in [2.24, 2.45) is 0 Å². The molecule has 0 atom stereocenters. The van der Waals surface area contributed by atoms with Gasteiger partial charge < -0.3 is 4.90 Å². The van der Waals surface area contributed by atoms with Crippen molar-refractivity contribution in [3.63, 3.8) is 0 Å². The number of hydrogen-bond acceptors (Lipinski definition) is 1. The molecule has 0 fully saturated rings. The molecule has 11 aromatic carbocycles. The van der Waals surface area contributed by atoms with Gasteiger partial charge in [0.1, 0.15) is 0 Å². The summed E-state index contributed by atoms with van der Waals surface area (Å²) in [6.45, 7) is 18.8. The van der Waals surface area contributed by atoms with Crippen LogP contribution in [0.5, 0.6) is 0 Å². The first kappa shape index (κ1) is 59.6. The number of anilines is 3. The molecule has 14 rings (SSSR count). The minimum Gasteiger partial charge on any atom is -0.310 e. The van der Waals surface area contributed by atoms with Crippen LogP contribution in [0, 0.1) is 13.8 Å². The molecule has 0 bridgehead atoms. The van der Waals surface area contributed by atoms with Gasteiger partial charge in [-0.05, 0) is 216 Å². The van der Waals surface area contributed by atoms with Crippen LogP contribution in [0.15, 0.2) is 200 Å². The smallest absolute Gasteiger partial charge is 0.0468 e. The molecule has 1 heteroatoms. The highest BCUT2D eigenvalue weighted by Crippen LogP contribution is 2.61. The molecule has 0 aromatic heterocycles. The van der Waals surface area contributed by atoms with E-state index in [1.807, 2.05) is 0 Å². The van der Waals surface area contributed by atoms with Crippen LogP contribution in [0.2, 0.25) is 0 Å². The summed E-state index contributed by atoms with van der Waals surface area (Å²) in [5.41, 5.74) is 29.4. The first-order valence-electron chi connectivity index (χ1n) is 35.2. The van der Waals surface area contributed by atoms with Crippen molar-refractivity contribution in [3.8, 4) is 55.6 Å². The fourth-order valence-corrected chi connectivity index (χ4v) is 17.8. The van der Waals surface area contributed by atoms with Crippen LogP contribution < -0.4 is 4.90 Å². The number of unbranched alkanes of at least 4 members (excludes halogenated alkanes) is 6. The van der Waals surface area contributed by atoms with E-state index >= 15 is 0 Å². The zero-order chi connectivity index (χ0) is 61.7. The fourth-order valence-electron chi connectivity index (χ4n) is 17.8. The highest BCUT2D eigenvalue weighted by Gasteiger charge is 2.46. The minimum atomic E-state index is -0.0406. The van der Waals surface area contributed by atoms with Crippen LogP contribution in [-0.4, -0.2) is 0 Å². The Morgan fingerprint density at radius 3 is 1.14 bits per heavy atom. The van der Waals surface area contributed by atoms with Crippen LogP contribution in [0.4, 0.5) is 17.1 Å². The number of fused-ring (bicyclic) bond motifs is 12. The van der Waals surface area contributed by atoms with Gasteiger partial charge in [-0.15, -0.1) is 0 Å². The maximum Gasteiger partial charge on any atom is 0.0468 e. The lowest BCUT2D eigenvalue weighted by Crippen LogP contribution is -2.26. The van der Waals surface area contributed by atoms with Crippen LogP contribution in [0.3, 0.4) is 0 Å². The Kier molecular flexibility index (Phi) is 16.3. The molecule has 0 saturated heterocycles. The van der Waals surface area contributed by atoms with E-state index in [9.17, 15) is 0 Å².